The molecule has 34 heavy (non-hydrogen) atoms. The third kappa shape index (κ3) is 5.32. The van der Waals surface area contributed by atoms with Crippen molar-refractivity contribution in [2.24, 2.45) is 22.7 Å². The standard InChI is InChI=1S/C24H28FN5O4/c1-13-28-18(19-11-21(34-30-19)15-4-6-16(7-5-15)23(26)31)10-20(29-13)24(32)27-12-14-3-8-17(25)22(9-14)33-2/h3,8-10,15-16,21H,4-7,11-12H2,1-2H3,(H2,26,31)(H,27,32). The molecule has 180 valence electrons. The van der Waals surface area contributed by atoms with Crippen molar-refractivity contribution < 1.29 is 23.6 Å². The fraction of sp³-hybridized carbons (Fsp3) is 0.458. The largest absolute Gasteiger partial charge is 0.494 e. The highest BCUT2D eigenvalue weighted by Crippen LogP contribution is 2.35. The Morgan fingerprint density at radius 2 is 1.97 bits per heavy atom. The summed E-state index contributed by atoms with van der Waals surface area (Å²) in [6.45, 7) is 1.90. The zero-order chi connectivity index (χ0) is 24.2. The van der Waals surface area contributed by atoms with E-state index in [0.29, 0.717) is 35.1 Å². The molecule has 3 N–H and O–H groups in total. The van der Waals surface area contributed by atoms with Crippen molar-refractivity contribution in [1.82, 2.24) is 15.3 Å². The third-order valence-corrected chi connectivity index (χ3v) is 6.43. The predicted molar refractivity (Wildman–Crippen MR) is 122 cm³/mol. The smallest absolute Gasteiger partial charge is 0.270 e. The Morgan fingerprint density at radius 3 is 2.68 bits per heavy atom. The van der Waals surface area contributed by atoms with Crippen LogP contribution in [0.5, 0.6) is 5.75 Å². The van der Waals surface area contributed by atoms with Gasteiger partial charge in [-0.2, -0.15) is 0 Å². The van der Waals surface area contributed by atoms with Crippen LogP contribution in [0, 0.1) is 24.6 Å². The third-order valence-electron chi connectivity index (χ3n) is 6.43. The van der Waals surface area contributed by atoms with E-state index in [1.807, 2.05) is 0 Å². The van der Waals surface area contributed by atoms with Crippen molar-refractivity contribution in [1.29, 1.82) is 0 Å². The molecule has 0 radical (unpaired) electrons. The Balaban J connectivity index is 1.38. The van der Waals surface area contributed by atoms with Crippen LogP contribution in [0.2, 0.25) is 0 Å². The van der Waals surface area contributed by atoms with Gasteiger partial charge in [0.15, 0.2) is 11.6 Å². The van der Waals surface area contributed by atoms with Gasteiger partial charge in [0.1, 0.15) is 23.3 Å². The number of hydrogen-bond donors (Lipinski definition) is 2. The second kappa shape index (κ2) is 10.1. The topological polar surface area (TPSA) is 129 Å². The lowest BCUT2D eigenvalue weighted by atomic mass is 9.78. The molecular weight excluding hydrogens is 441 g/mol. The van der Waals surface area contributed by atoms with Gasteiger partial charge in [-0.1, -0.05) is 11.2 Å². The number of aromatic nitrogens is 2. The SMILES string of the molecule is COc1cc(CNC(=O)c2cc(C3=NOC(C4CCC(C(N)=O)CC4)C3)nc(C)n2)ccc1F. The number of benzene rings is 1. The summed E-state index contributed by atoms with van der Waals surface area (Å²) in [5, 5.41) is 7.02. The molecule has 1 unspecified atom stereocenters. The van der Waals surface area contributed by atoms with Crippen LogP contribution >= 0.6 is 0 Å². The summed E-state index contributed by atoms with van der Waals surface area (Å²) in [6, 6.07) is 6.01. The summed E-state index contributed by atoms with van der Waals surface area (Å²) >= 11 is 0. The highest BCUT2D eigenvalue weighted by Gasteiger charge is 2.35. The van der Waals surface area contributed by atoms with Gasteiger partial charge in [-0.05, 0) is 62.3 Å². The number of primary amides is 1. The molecule has 2 aliphatic rings. The van der Waals surface area contributed by atoms with Crippen molar-refractivity contribution in [2.45, 2.75) is 51.7 Å². The van der Waals surface area contributed by atoms with Gasteiger partial charge in [-0.15, -0.1) is 0 Å². The van der Waals surface area contributed by atoms with Crippen LogP contribution in [0.25, 0.3) is 0 Å². The van der Waals surface area contributed by atoms with E-state index in [1.165, 1.54) is 19.2 Å². The van der Waals surface area contributed by atoms with Crippen LogP contribution < -0.4 is 15.8 Å². The quantitative estimate of drug-likeness (QED) is 0.641. The van der Waals surface area contributed by atoms with Crippen molar-refractivity contribution in [3.63, 3.8) is 0 Å². The lowest BCUT2D eigenvalue weighted by Gasteiger charge is -2.29. The lowest BCUT2D eigenvalue weighted by Crippen LogP contribution is -2.32. The average Bonchev–Trinajstić information content (AvgIpc) is 3.33. The van der Waals surface area contributed by atoms with Gasteiger partial charge in [0.25, 0.3) is 5.91 Å². The zero-order valence-electron chi connectivity index (χ0n) is 19.2. The van der Waals surface area contributed by atoms with Crippen molar-refractivity contribution >= 4 is 17.5 Å². The predicted octanol–water partition coefficient (Wildman–Crippen LogP) is 2.65. The van der Waals surface area contributed by atoms with E-state index in [9.17, 15) is 14.0 Å². The number of hydrogen-bond acceptors (Lipinski definition) is 7. The number of ether oxygens (including phenoxy) is 1. The number of halogens is 1. The van der Waals surface area contributed by atoms with E-state index >= 15 is 0 Å². The van der Waals surface area contributed by atoms with Gasteiger partial charge in [0.2, 0.25) is 5.91 Å². The summed E-state index contributed by atoms with van der Waals surface area (Å²) in [5.74, 6) is -0.273. The fourth-order valence-electron chi connectivity index (χ4n) is 4.49. The molecule has 1 atom stereocenters. The first kappa shape index (κ1) is 23.6. The monoisotopic (exact) mass is 469 g/mol. The van der Waals surface area contributed by atoms with Crippen LogP contribution in [0.1, 0.15) is 59.7 Å². The van der Waals surface area contributed by atoms with Crippen molar-refractivity contribution in [3.8, 4) is 5.75 Å². The molecule has 9 nitrogen and oxygen atoms in total. The molecule has 4 rings (SSSR count). The van der Waals surface area contributed by atoms with Crippen LogP contribution in [0.3, 0.4) is 0 Å². The molecule has 1 aliphatic carbocycles. The van der Waals surface area contributed by atoms with Gasteiger partial charge in [-0.25, -0.2) is 14.4 Å². The molecule has 10 heteroatoms. The van der Waals surface area contributed by atoms with E-state index in [1.54, 1.807) is 19.1 Å². The lowest BCUT2D eigenvalue weighted by molar-refractivity contribution is -0.123. The Labute approximate surface area is 196 Å². The number of methoxy groups -OCH3 is 1. The normalized spacial score (nSPS) is 22.0. The Hall–Kier alpha value is -3.56. The number of nitrogens with zero attached hydrogens (tertiary/aromatic N) is 3. The molecule has 2 amide bonds. The number of aryl methyl sites for hydroxylation is 1. The minimum Gasteiger partial charge on any atom is -0.494 e. The molecule has 1 fully saturated rings. The minimum absolute atomic E-state index is 0.0559. The highest BCUT2D eigenvalue weighted by molar-refractivity contribution is 6.01. The first-order chi connectivity index (χ1) is 16.3. The van der Waals surface area contributed by atoms with Gasteiger partial charge in [0.05, 0.1) is 12.8 Å². The van der Waals surface area contributed by atoms with E-state index in [0.717, 1.165) is 25.7 Å². The first-order valence-electron chi connectivity index (χ1n) is 11.3. The van der Waals surface area contributed by atoms with E-state index in [4.69, 9.17) is 15.3 Å². The number of carbonyl (C=O) groups is 2. The number of nitrogens with one attached hydrogen (secondary N) is 1. The van der Waals surface area contributed by atoms with Crippen LogP contribution in [-0.2, 0) is 16.2 Å². The molecule has 0 spiro atoms. The number of rotatable bonds is 7. The van der Waals surface area contributed by atoms with Gasteiger partial charge < -0.3 is 20.6 Å². The maximum atomic E-state index is 13.6. The van der Waals surface area contributed by atoms with Gasteiger partial charge >= 0.3 is 0 Å². The summed E-state index contributed by atoms with van der Waals surface area (Å²) in [4.78, 5) is 38.5. The van der Waals surface area contributed by atoms with Crippen molar-refractivity contribution in [3.05, 3.63) is 52.9 Å². The summed E-state index contributed by atoms with van der Waals surface area (Å²) in [6.07, 6.45) is 3.78. The molecule has 1 aromatic carbocycles. The number of nitrogens with two attached hydrogens (primary N) is 1. The van der Waals surface area contributed by atoms with Crippen LogP contribution in [0.15, 0.2) is 29.4 Å². The second-order valence-electron chi connectivity index (χ2n) is 8.74. The molecular formula is C24H28FN5O4. The van der Waals surface area contributed by atoms with E-state index < -0.39 is 5.82 Å². The summed E-state index contributed by atoms with van der Waals surface area (Å²) in [7, 11) is 1.39. The highest BCUT2D eigenvalue weighted by atomic mass is 19.1. The van der Waals surface area contributed by atoms with E-state index in [-0.39, 0.29) is 41.8 Å². The second-order valence-corrected chi connectivity index (χ2v) is 8.74. The van der Waals surface area contributed by atoms with E-state index in [2.05, 4.69) is 20.4 Å². The summed E-state index contributed by atoms with van der Waals surface area (Å²) < 4.78 is 18.6. The summed E-state index contributed by atoms with van der Waals surface area (Å²) in [5.41, 5.74) is 7.56. The molecule has 1 saturated carbocycles. The molecule has 2 heterocycles. The Kier molecular flexibility index (Phi) is 7.04. The Bertz CT molecular complexity index is 1110. The number of carbonyl (C=O) groups excluding carboxylic acids is 2. The van der Waals surface area contributed by atoms with Crippen LogP contribution in [0.4, 0.5) is 4.39 Å². The fourth-order valence-corrected chi connectivity index (χ4v) is 4.49. The molecule has 2 aromatic rings. The minimum atomic E-state index is -0.465. The number of amides is 2. The first-order valence-corrected chi connectivity index (χ1v) is 11.3. The molecule has 1 aromatic heterocycles. The average molecular weight is 470 g/mol. The Morgan fingerprint density at radius 1 is 1.21 bits per heavy atom. The van der Waals surface area contributed by atoms with Gasteiger partial charge in [0, 0.05) is 18.9 Å². The zero-order valence-corrected chi connectivity index (χ0v) is 19.2. The van der Waals surface area contributed by atoms with Gasteiger partial charge in [-0.3, -0.25) is 9.59 Å². The van der Waals surface area contributed by atoms with Crippen molar-refractivity contribution in [2.75, 3.05) is 7.11 Å². The molecule has 0 saturated heterocycles. The van der Waals surface area contributed by atoms with Crippen LogP contribution in [-0.4, -0.2) is 40.7 Å². The molecule has 1 aliphatic heterocycles. The maximum Gasteiger partial charge on any atom is 0.270 e. The molecule has 0 bridgehead atoms. The maximum absolute atomic E-state index is 13.6. The number of oxime groups is 1.